The third kappa shape index (κ3) is 5.84. The van der Waals surface area contributed by atoms with E-state index in [1.54, 1.807) is 0 Å². The maximum Gasteiger partial charge on any atom is 0.138 e. The molecule has 1 aromatic rings. The van der Waals surface area contributed by atoms with Crippen LogP contribution in [0.25, 0.3) is 0 Å². The maximum absolute atomic E-state index is 6.22. The Morgan fingerprint density at radius 2 is 1.95 bits per heavy atom. The molecule has 0 amide bonds. The fraction of sp³-hybridized carbons (Fsp3) is 0.625. The monoisotopic (exact) mass is 283 g/mol. The van der Waals surface area contributed by atoms with Gasteiger partial charge in [-0.1, -0.05) is 43.9 Å². The summed E-state index contributed by atoms with van der Waals surface area (Å²) in [6.45, 7) is 6.27. The van der Waals surface area contributed by atoms with Crippen molar-refractivity contribution in [3.05, 3.63) is 28.8 Å². The zero-order valence-electron chi connectivity index (χ0n) is 12.3. The number of hydrogen-bond acceptors (Lipinski definition) is 2. The molecule has 0 aliphatic carbocycles. The fourth-order valence-corrected chi connectivity index (χ4v) is 2.26. The smallest absolute Gasteiger partial charge is 0.138 e. The van der Waals surface area contributed by atoms with Gasteiger partial charge < -0.3 is 10.5 Å². The summed E-state index contributed by atoms with van der Waals surface area (Å²) < 4.78 is 5.89. The van der Waals surface area contributed by atoms with Gasteiger partial charge in [-0.3, -0.25) is 0 Å². The Kier molecular flexibility index (Phi) is 7.25. The Balaban J connectivity index is 2.48. The van der Waals surface area contributed by atoms with Crippen molar-refractivity contribution in [2.24, 2.45) is 5.73 Å². The lowest BCUT2D eigenvalue weighted by molar-refractivity contribution is 0.206. The SMILES string of the molecule is CCCCCCC(C)Oc1ccc([C@@H](C)N)cc1Cl. The summed E-state index contributed by atoms with van der Waals surface area (Å²) in [6.07, 6.45) is 6.34. The van der Waals surface area contributed by atoms with Crippen molar-refractivity contribution in [3.8, 4) is 5.75 Å². The highest BCUT2D eigenvalue weighted by Crippen LogP contribution is 2.28. The summed E-state index contributed by atoms with van der Waals surface area (Å²) in [7, 11) is 0. The summed E-state index contributed by atoms with van der Waals surface area (Å²) in [5.74, 6) is 0.758. The Hall–Kier alpha value is -0.730. The van der Waals surface area contributed by atoms with E-state index >= 15 is 0 Å². The Morgan fingerprint density at radius 1 is 1.21 bits per heavy atom. The van der Waals surface area contributed by atoms with E-state index in [1.807, 2.05) is 25.1 Å². The molecular formula is C16H26ClNO. The van der Waals surface area contributed by atoms with Crippen molar-refractivity contribution in [3.63, 3.8) is 0 Å². The van der Waals surface area contributed by atoms with Crippen LogP contribution >= 0.6 is 11.6 Å². The number of hydrogen-bond donors (Lipinski definition) is 1. The second kappa shape index (κ2) is 8.44. The molecule has 2 atom stereocenters. The van der Waals surface area contributed by atoms with E-state index in [0.717, 1.165) is 17.7 Å². The Morgan fingerprint density at radius 3 is 2.53 bits per heavy atom. The highest BCUT2D eigenvalue weighted by Gasteiger charge is 2.09. The summed E-state index contributed by atoms with van der Waals surface area (Å²) in [6, 6.07) is 5.79. The minimum Gasteiger partial charge on any atom is -0.489 e. The van der Waals surface area contributed by atoms with E-state index in [9.17, 15) is 0 Å². The molecule has 0 spiro atoms. The lowest BCUT2D eigenvalue weighted by atomic mass is 10.1. The molecule has 0 heterocycles. The van der Waals surface area contributed by atoms with Crippen LogP contribution in [0.3, 0.4) is 0 Å². The molecule has 0 saturated heterocycles. The van der Waals surface area contributed by atoms with Gasteiger partial charge in [0.25, 0.3) is 0 Å². The number of benzene rings is 1. The van der Waals surface area contributed by atoms with Crippen LogP contribution in [0.4, 0.5) is 0 Å². The molecule has 2 N–H and O–H groups in total. The molecule has 0 fully saturated rings. The van der Waals surface area contributed by atoms with E-state index in [4.69, 9.17) is 22.1 Å². The molecule has 3 heteroatoms. The minimum absolute atomic E-state index is 0.00184. The summed E-state index contributed by atoms with van der Waals surface area (Å²) >= 11 is 6.22. The van der Waals surface area contributed by atoms with Gasteiger partial charge in [-0.2, -0.15) is 0 Å². The third-order valence-electron chi connectivity index (χ3n) is 3.27. The van der Waals surface area contributed by atoms with Crippen LogP contribution in [0.5, 0.6) is 5.75 Å². The van der Waals surface area contributed by atoms with E-state index in [-0.39, 0.29) is 12.1 Å². The molecule has 0 saturated carbocycles. The van der Waals surface area contributed by atoms with Crippen LogP contribution in [0.2, 0.25) is 5.02 Å². The van der Waals surface area contributed by atoms with Gasteiger partial charge in [-0.05, 0) is 44.4 Å². The first-order valence-electron chi connectivity index (χ1n) is 7.26. The third-order valence-corrected chi connectivity index (χ3v) is 3.57. The largest absolute Gasteiger partial charge is 0.489 e. The van der Waals surface area contributed by atoms with Gasteiger partial charge in [0, 0.05) is 6.04 Å². The predicted molar refractivity (Wildman–Crippen MR) is 82.9 cm³/mol. The minimum atomic E-state index is -0.00184. The van der Waals surface area contributed by atoms with Gasteiger partial charge in [-0.25, -0.2) is 0 Å². The molecule has 108 valence electrons. The van der Waals surface area contributed by atoms with Gasteiger partial charge >= 0.3 is 0 Å². The van der Waals surface area contributed by atoms with Crippen molar-refractivity contribution in [1.29, 1.82) is 0 Å². The van der Waals surface area contributed by atoms with Gasteiger partial charge in [0.1, 0.15) is 5.75 Å². The quantitative estimate of drug-likeness (QED) is 0.674. The second-order valence-corrected chi connectivity index (χ2v) is 5.66. The van der Waals surface area contributed by atoms with E-state index in [2.05, 4.69) is 13.8 Å². The van der Waals surface area contributed by atoms with Gasteiger partial charge in [0.2, 0.25) is 0 Å². The molecule has 0 radical (unpaired) electrons. The van der Waals surface area contributed by atoms with Crippen LogP contribution in [-0.4, -0.2) is 6.10 Å². The topological polar surface area (TPSA) is 35.2 Å². The molecule has 1 unspecified atom stereocenters. The molecule has 19 heavy (non-hydrogen) atoms. The van der Waals surface area contributed by atoms with Crippen molar-refractivity contribution in [2.45, 2.75) is 65.0 Å². The van der Waals surface area contributed by atoms with Crippen LogP contribution in [0.1, 0.15) is 64.5 Å². The molecule has 1 aromatic carbocycles. The van der Waals surface area contributed by atoms with Crippen molar-refractivity contribution in [1.82, 2.24) is 0 Å². The number of rotatable bonds is 8. The summed E-state index contributed by atoms with van der Waals surface area (Å²) in [5.41, 5.74) is 6.86. The summed E-state index contributed by atoms with van der Waals surface area (Å²) in [5, 5.41) is 0.648. The van der Waals surface area contributed by atoms with E-state index in [1.165, 1.54) is 25.7 Å². The molecule has 2 nitrogen and oxygen atoms in total. The van der Waals surface area contributed by atoms with Crippen molar-refractivity contribution >= 4 is 11.6 Å². The highest BCUT2D eigenvalue weighted by molar-refractivity contribution is 6.32. The van der Waals surface area contributed by atoms with Gasteiger partial charge in [0.05, 0.1) is 11.1 Å². The molecule has 1 rings (SSSR count). The molecule has 0 aliphatic rings. The predicted octanol–water partition coefficient (Wildman–Crippen LogP) is 5.10. The second-order valence-electron chi connectivity index (χ2n) is 5.26. The van der Waals surface area contributed by atoms with Crippen LogP contribution < -0.4 is 10.5 Å². The number of unbranched alkanes of at least 4 members (excludes halogenated alkanes) is 3. The lowest BCUT2D eigenvalue weighted by Crippen LogP contribution is -2.12. The molecule has 0 bridgehead atoms. The van der Waals surface area contributed by atoms with E-state index in [0.29, 0.717) is 5.02 Å². The molecular weight excluding hydrogens is 258 g/mol. The first-order chi connectivity index (χ1) is 9.04. The van der Waals surface area contributed by atoms with Crippen LogP contribution in [0.15, 0.2) is 18.2 Å². The lowest BCUT2D eigenvalue weighted by Gasteiger charge is -2.16. The normalized spacial score (nSPS) is 14.2. The van der Waals surface area contributed by atoms with Gasteiger partial charge in [0.15, 0.2) is 0 Å². The number of halogens is 1. The number of ether oxygens (including phenoxy) is 1. The van der Waals surface area contributed by atoms with Gasteiger partial charge in [-0.15, -0.1) is 0 Å². The van der Waals surface area contributed by atoms with Crippen LogP contribution in [0, 0.1) is 0 Å². The molecule has 0 aromatic heterocycles. The average Bonchev–Trinajstić information content (AvgIpc) is 2.37. The Labute approximate surface area is 122 Å². The zero-order valence-corrected chi connectivity index (χ0v) is 13.0. The zero-order chi connectivity index (χ0) is 14.3. The van der Waals surface area contributed by atoms with Crippen molar-refractivity contribution in [2.75, 3.05) is 0 Å². The Bertz CT molecular complexity index is 379. The van der Waals surface area contributed by atoms with Crippen molar-refractivity contribution < 1.29 is 4.74 Å². The average molecular weight is 284 g/mol. The fourth-order valence-electron chi connectivity index (χ4n) is 2.03. The maximum atomic E-state index is 6.22. The first-order valence-corrected chi connectivity index (χ1v) is 7.64. The summed E-state index contributed by atoms with van der Waals surface area (Å²) in [4.78, 5) is 0. The number of nitrogens with two attached hydrogens (primary N) is 1. The standard InChI is InChI=1S/C16H26ClNO/c1-4-5-6-7-8-12(2)19-16-10-9-14(13(3)18)11-15(16)17/h9-13H,4-8,18H2,1-3H3/t12?,13-/m1/s1. The molecule has 0 aliphatic heterocycles. The highest BCUT2D eigenvalue weighted by atomic mass is 35.5. The first kappa shape index (κ1) is 16.3. The van der Waals surface area contributed by atoms with Crippen LogP contribution in [-0.2, 0) is 0 Å². The van der Waals surface area contributed by atoms with E-state index < -0.39 is 0 Å².